The van der Waals surface area contributed by atoms with E-state index in [1.54, 1.807) is 7.05 Å². The molecule has 0 saturated carbocycles. The molecule has 0 radical (unpaired) electrons. The molecule has 0 spiro atoms. The van der Waals surface area contributed by atoms with Crippen molar-refractivity contribution in [3.05, 3.63) is 42.0 Å². The van der Waals surface area contributed by atoms with Crippen molar-refractivity contribution in [1.29, 1.82) is 0 Å². The Hall–Kier alpha value is -1.61. The van der Waals surface area contributed by atoms with E-state index in [1.165, 1.54) is 0 Å². The number of nitrogens with one attached hydrogen (secondary N) is 1. The molecule has 1 amide bonds. The van der Waals surface area contributed by atoms with Crippen LogP contribution in [0.25, 0.3) is 6.08 Å². The van der Waals surface area contributed by atoms with E-state index in [4.69, 9.17) is 5.73 Å². The lowest BCUT2D eigenvalue weighted by Crippen LogP contribution is -2.38. The van der Waals surface area contributed by atoms with Crippen LogP contribution >= 0.6 is 0 Å². The van der Waals surface area contributed by atoms with Crippen LogP contribution in [0.2, 0.25) is 0 Å². The highest BCUT2D eigenvalue weighted by molar-refractivity contribution is 5.80. The molecule has 0 saturated heterocycles. The van der Waals surface area contributed by atoms with Gasteiger partial charge in [-0.15, -0.1) is 0 Å². The summed E-state index contributed by atoms with van der Waals surface area (Å²) in [4.78, 5) is 10.9. The molecule has 80 valence electrons. The van der Waals surface area contributed by atoms with E-state index in [-0.39, 0.29) is 11.9 Å². The van der Waals surface area contributed by atoms with Gasteiger partial charge < -0.3 is 11.1 Å². The number of carbonyl (C=O) groups excluding carboxylic acids is 1. The van der Waals surface area contributed by atoms with E-state index in [0.29, 0.717) is 6.42 Å². The third kappa shape index (κ3) is 3.95. The summed E-state index contributed by atoms with van der Waals surface area (Å²) >= 11 is 0. The maximum absolute atomic E-state index is 10.9. The third-order valence-electron chi connectivity index (χ3n) is 2.17. The summed E-state index contributed by atoms with van der Waals surface area (Å²) < 4.78 is 0. The molecule has 1 atom stereocenters. The van der Waals surface area contributed by atoms with E-state index in [9.17, 15) is 4.79 Å². The zero-order valence-corrected chi connectivity index (χ0v) is 8.81. The minimum atomic E-state index is -0.324. The number of amides is 1. The zero-order valence-electron chi connectivity index (χ0n) is 8.81. The SMILES string of the molecule is CN[C@@H](C/C=C/c1ccccc1)C(N)=O. The van der Waals surface area contributed by atoms with Crippen molar-refractivity contribution in [3.8, 4) is 0 Å². The molecule has 3 heteroatoms. The standard InChI is InChI=1S/C12H16N2O/c1-14-11(12(13)15)9-5-8-10-6-3-2-4-7-10/h2-8,11,14H,9H2,1H3,(H2,13,15)/b8-5+/t11-/m0/s1. The predicted molar refractivity (Wildman–Crippen MR) is 62.1 cm³/mol. The van der Waals surface area contributed by atoms with Crippen LogP contribution in [0.15, 0.2) is 36.4 Å². The van der Waals surface area contributed by atoms with Crippen molar-refractivity contribution in [2.24, 2.45) is 5.73 Å². The molecule has 0 aliphatic heterocycles. The number of benzene rings is 1. The van der Waals surface area contributed by atoms with Gasteiger partial charge in [-0.3, -0.25) is 4.79 Å². The normalized spacial score (nSPS) is 12.9. The quantitative estimate of drug-likeness (QED) is 0.756. The second-order valence-electron chi connectivity index (χ2n) is 3.29. The van der Waals surface area contributed by atoms with Crippen molar-refractivity contribution in [2.75, 3.05) is 7.05 Å². The first kappa shape index (κ1) is 11.5. The number of rotatable bonds is 5. The predicted octanol–water partition coefficient (Wildman–Crippen LogP) is 1.16. The monoisotopic (exact) mass is 204 g/mol. The highest BCUT2D eigenvalue weighted by atomic mass is 16.1. The molecule has 1 aromatic carbocycles. The molecule has 0 aliphatic carbocycles. The Morgan fingerprint density at radius 3 is 2.67 bits per heavy atom. The van der Waals surface area contributed by atoms with Crippen molar-refractivity contribution < 1.29 is 4.79 Å². The van der Waals surface area contributed by atoms with Crippen LogP contribution < -0.4 is 11.1 Å². The van der Waals surface area contributed by atoms with E-state index < -0.39 is 0 Å². The molecule has 0 aliphatic rings. The molecule has 0 bridgehead atoms. The Balaban J connectivity index is 2.49. The van der Waals surface area contributed by atoms with Crippen LogP contribution in [0, 0.1) is 0 Å². The fourth-order valence-corrected chi connectivity index (χ4v) is 1.28. The molecular weight excluding hydrogens is 188 g/mol. The van der Waals surface area contributed by atoms with Gasteiger partial charge in [0.2, 0.25) is 5.91 Å². The third-order valence-corrected chi connectivity index (χ3v) is 2.17. The van der Waals surface area contributed by atoms with Crippen LogP contribution in [0.3, 0.4) is 0 Å². The van der Waals surface area contributed by atoms with Crippen molar-refractivity contribution >= 4 is 12.0 Å². The minimum Gasteiger partial charge on any atom is -0.368 e. The van der Waals surface area contributed by atoms with Gasteiger partial charge in [-0.05, 0) is 19.0 Å². The average molecular weight is 204 g/mol. The number of primary amides is 1. The van der Waals surface area contributed by atoms with Gasteiger partial charge in [-0.2, -0.15) is 0 Å². The van der Waals surface area contributed by atoms with E-state index in [2.05, 4.69) is 5.32 Å². The molecule has 1 aromatic rings. The second kappa shape index (κ2) is 5.98. The maximum Gasteiger partial charge on any atom is 0.234 e. The van der Waals surface area contributed by atoms with Gasteiger partial charge in [-0.25, -0.2) is 0 Å². The first-order valence-electron chi connectivity index (χ1n) is 4.92. The zero-order chi connectivity index (χ0) is 11.1. The summed E-state index contributed by atoms with van der Waals surface area (Å²) in [5.41, 5.74) is 6.31. The molecule has 0 fully saturated rings. The van der Waals surface area contributed by atoms with Crippen LogP contribution in [0.5, 0.6) is 0 Å². The lowest BCUT2D eigenvalue weighted by Gasteiger charge is -2.08. The van der Waals surface area contributed by atoms with Crippen molar-refractivity contribution in [1.82, 2.24) is 5.32 Å². The summed E-state index contributed by atoms with van der Waals surface area (Å²) in [6.07, 6.45) is 4.54. The van der Waals surface area contributed by atoms with Crippen LogP contribution in [0.1, 0.15) is 12.0 Å². The summed E-state index contributed by atoms with van der Waals surface area (Å²) in [6.45, 7) is 0. The van der Waals surface area contributed by atoms with E-state index in [1.807, 2.05) is 42.5 Å². The number of hydrogen-bond acceptors (Lipinski definition) is 2. The Kier molecular flexibility index (Phi) is 4.57. The van der Waals surface area contributed by atoms with Crippen LogP contribution in [-0.4, -0.2) is 19.0 Å². The van der Waals surface area contributed by atoms with Crippen molar-refractivity contribution in [2.45, 2.75) is 12.5 Å². The Morgan fingerprint density at radius 1 is 1.47 bits per heavy atom. The second-order valence-corrected chi connectivity index (χ2v) is 3.29. The Morgan fingerprint density at radius 2 is 2.13 bits per heavy atom. The van der Waals surface area contributed by atoms with Gasteiger partial charge in [0.15, 0.2) is 0 Å². The highest BCUT2D eigenvalue weighted by Crippen LogP contribution is 2.02. The van der Waals surface area contributed by atoms with Crippen molar-refractivity contribution in [3.63, 3.8) is 0 Å². The lowest BCUT2D eigenvalue weighted by molar-refractivity contribution is -0.119. The van der Waals surface area contributed by atoms with Crippen LogP contribution in [-0.2, 0) is 4.79 Å². The first-order valence-corrected chi connectivity index (χ1v) is 4.92. The maximum atomic E-state index is 10.9. The smallest absolute Gasteiger partial charge is 0.234 e. The molecule has 15 heavy (non-hydrogen) atoms. The van der Waals surface area contributed by atoms with Gasteiger partial charge in [0.25, 0.3) is 0 Å². The minimum absolute atomic E-state index is 0.287. The Bertz CT molecular complexity index is 333. The van der Waals surface area contributed by atoms with Gasteiger partial charge in [0, 0.05) is 0 Å². The molecule has 0 unspecified atom stereocenters. The van der Waals surface area contributed by atoms with E-state index in [0.717, 1.165) is 5.56 Å². The first-order chi connectivity index (χ1) is 7.24. The van der Waals surface area contributed by atoms with Gasteiger partial charge in [0.05, 0.1) is 6.04 Å². The molecule has 3 N–H and O–H groups in total. The lowest BCUT2D eigenvalue weighted by atomic mass is 10.1. The molecule has 0 heterocycles. The fourth-order valence-electron chi connectivity index (χ4n) is 1.28. The summed E-state index contributed by atoms with van der Waals surface area (Å²) in [5, 5.41) is 2.86. The number of likely N-dealkylation sites (N-methyl/N-ethyl adjacent to an activating group) is 1. The van der Waals surface area contributed by atoms with Crippen LogP contribution in [0.4, 0.5) is 0 Å². The number of nitrogens with two attached hydrogens (primary N) is 1. The van der Waals surface area contributed by atoms with E-state index >= 15 is 0 Å². The molecule has 0 aromatic heterocycles. The highest BCUT2D eigenvalue weighted by Gasteiger charge is 2.09. The molecular formula is C12H16N2O. The summed E-state index contributed by atoms with van der Waals surface area (Å²) in [6, 6.07) is 9.65. The summed E-state index contributed by atoms with van der Waals surface area (Å²) in [7, 11) is 1.73. The van der Waals surface area contributed by atoms with Gasteiger partial charge in [-0.1, -0.05) is 42.5 Å². The van der Waals surface area contributed by atoms with Gasteiger partial charge >= 0.3 is 0 Å². The fraction of sp³-hybridized carbons (Fsp3) is 0.250. The molecule has 3 nitrogen and oxygen atoms in total. The number of carbonyl (C=O) groups is 1. The topological polar surface area (TPSA) is 55.1 Å². The Labute approximate surface area is 90.0 Å². The van der Waals surface area contributed by atoms with Gasteiger partial charge in [0.1, 0.15) is 0 Å². The molecule has 1 rings (SSSR count). The number of hydrogen-bond donors (Lipinski definition) is 2. The average Bonchev–Trinajstić information content (AvgIpc) is 2.25. The summed E-state index contributed by atoms with van der Waals surface area (Å²) in [5.74, 6) is -0.324. The largest absolute Gasteiger partial charge is 0.368 e.